The van der Waals surface area contributed by atoms with Crippen molar-refractivity contribution >= 4 is 23.4 Å². The molecule has 0 saturated heterocycles. The van der Waals surface area contributed by atoms with Gasteiger partial charge in [-0.15, -0.1) is 11.3 Å². The molecule has 0 aliphatic heterocycles. The monoisotopic (exact) mass is 173 g/mol. The first kappa shape index (κ1) is 7.87. The Morgan fingerprint density at radius 2 is 2.55 bits per heavy atom. The first-order valence-corrected chi connectivity index (χ1v) is 3.58. The maximum atomic E-state index is 12.3. The largest absolute Gasteiger partial charge is 0.476 e. The highest BCUT2D eigenvalue weighted by Gasteiger charge is 2.05. The number of halogens is 1. The van der Waals surface area contributed by atoms with Gasteiger partial charge in [-0.25, -0.2) is 9.78 Å². The Morgan fingerprint density at radius 3 is 3.00 bits per heavy atom. The minimum absolute atomic E-state index is 0.352. The molecule has 1 heterocycles. The van der Waals surface area contributed by atoms with Gasteiger partial charge in [-0.05, 0) is 0 Å². The zero-order chi connectivity index (χ0) is 8.27. The molecule has 1 aromatic heterocycles. The van der Waals surface area contributed by atoms with Gasteiger partial charge in [0.1, 0.15) is 5.01 Å². The summed E-state index contributed by atoms with van der Waals surface area (Å²) in [4.78, 5) is 13.6. The molecule has 0 spiro atoms. The number of hydrogen-bond acceptors (Lipinski definition) is 3. The molecule has 0 saturated carbocycles. The summed E-state index contributed by atoms with van der Waals surface area (Å²) in [5.74, 6) is -2.76. The van der Waals surface area contributed by atoms with Gasteiger partial charge >= 0.3 is 5.97 Å². The van der Waals surface area contributed by atoms with Gasteiger partial charge in [-0.2, -0.15) is 4.39 Å². The average Bonchev–Trinajstić information content (AvgIpc) is 2.39. The molecule has 0 fully saturated rings. The highest BCUT2D eigenvalue weighted by molar-refractivity contribution is 7.10. The van der Waals surface area contributed by atoms with Crippen molar-refractivity contribution in [2.24, 2.45) is 0 Å². The number of aromatic nitrogens is 1. The van der Waals surface area contributed by atoms with Crippen molar-refractivity contribution in [2.45, 2.75) is 0 Å². The van der Waals surface area contributed by atoms with E-state index in [1.54, 1.807) is 5.38 Å². The summed E-state index contributed by atoms with van der Waals surface area (Å²) in [7, 11) is 0. The average molecular weight is 173 g/mol. The zero-order valence-corrected chi connectivity index (χ0v) is 6.14. The standard InChI is InChI=1S/C6H4FNO2S/c7-4(6(9)10)3-5-8-1-2-11-5/h1-3H,(H,9,10). The molecule has 11 heavy (non-hydrogen) atoms. The Morgan fingerprint density at radius 1 is 1.82 bits per heavy atom. The van der Waals surface area contributed by atoms with E-state index in [0.717, 1.165) is 6.08 Å². The summed E-state index contributed by atoms with van der Waals surface area (Å²) in [6, 6.07) is 0. The third-order valence-electron chi connectivity index (χ3n) is 0.906. The Hall–Kier alpha value is -1.23. The van der Waals surface area contributed by atoms with Crippen LogP contribution in [0.2, 0.25) is 0 Å². The first-order valence-electron chi connectivity index (χ1n) is 2.70. The maximum Gasteiger partial charge on any atom is 0.364 e. The number of hydrogen-bond donors (Lipinski definition) is 1. The highest BCUT2D eigenvalue weighted by Crippen LogP contribution is 2.10. The van der Waals surface area contributed by atoms with Gasteiger partial charge in [0.25, 0.3) is 0 Å². The maximum absolute atomic E-state index is 12.3. The van der Waals surface area contributed by atoms with E-state index in [4.69, 9.17) is 5.11 Å². The van der Waals surface area contributed by atoms with Gasteiger partial charge in [0.15, 0.2) is 0 Å². The molecular weight excluding hydrogens is 169 g/mol. The molecular formula is C6H4FNO2S. The lowest BCUT2D eigenvalue weighted by Gasteiger charge is -1.84. The molecule has 0 atom stereocenters. The van der Waals surface area contributed by atoms with E-state index < -0.39 is 11.8 Å². The van der Waals surface area contributed by atoms with E-state index >= 15 is 0 Å². The second kappa shape index (κ2) is 3.25. The predicted molar refractivity (Wildman–Crippen MR) is 38.8 cm³/mol. The van der Waals surface area contributed by atoms with Crippen LogP contribution in [0.5, 0.6) is 0 Å². The van der Waals surface area contributed by atoms with E-state index in [2.05, 4.69) is 4.98 Å². The molecule has 0 unspecified atom stereocenters. The summed E-state index contributed by atoms with van der Waals surface area (Å²) in [5, 5.41) is 10.1. The molecule has 0 radical (unpaired) electrons. The van der Waals surface area contributed by atoms with E-state index in [1.165, 1.54) is 17.5 Å². The fourth-order valence-corrected chi connectivity index (χ4v) is 1.03. The van der Waals surface area contributed by atoms with E-state index in [0.29, 0.717) is 5.01 Å². The Bertz CT molecular complexity index is 281. The fourth-order valence-electron chi connectivity index (χ4n) is 0.476. The number of carboxylic acids is 1. The van der Waals surface area contributed by atoms with Gasteiger partial charge in [-0.1, -0.05) is 0 Å². The Balaban J connectivity index is 2.82. The van der Waals surface area contributed by atoms with Gasteiger partial charge in [-0.3, -0.25) is 0 Å². The second-order valence-corrected chi connectivity index (χ2v) is 2.59. The summed E-state index contributed by atoms with van der Waals surface area (Å²) in [6.07, 6.45) is 2.36. The SMILES string of the molecule is O=C(O)C(F)=Cc1nccs1. The fraction of sp³-hybridized carbons (Fsp3) is 0. The molecule has 0 bridgehead atoms. The zero-order valence-electron chi connectivity index (χ0n) is 5.32. The van der Waals surface area contributed by atoms with Gasteiger partial charge in [0, 0.05) is 17.7 Å². The Kier molecular flexibility index (Phi) is 2.32. The third kappa shape index (κ3) is 2.12. The van der Waals surface area contributed by atoms with Crippen molar-refractivity contribution in [1.29, 1.82) is 0 Å². The predicted octanol–water partition coefficient (Wildman–Crippen LogP) is 1.54. The smallest absolute Gasteiger partial charge is 0.364 e. The molecule has 1 rings (SSSR count). The third-order valence-corrected chi connectivity index (χ3v) is 1.63. The lowest BCUT2D eigenvalue weighted by Crippen LogP contribution is -1.93. The summed E-state index contributed by atoms with van der Waals surface area (Å²) >= 11 is 1.18. The van der Waals surface area contributed by atoms with Crippen LogP contribution in [-0.2, 0) is 4.79 Å². The molecule has 1 aromatic rings. The van der Waals surface area contributed by atoms with Crippen molar-refractivity contribution in [2.75, 3.05) is 0 Å². The number of aliphatic carboxylic acids is 1. The van der Waals surface area contributed by atoms with Crippen LogP contribution < -0.4 is 0 Å². The van der Waals surface area contributed by atoms with Gasteiger partial charge in [0.05, 0.1) is 0 Å². The van der Waals surface area contributed by atoms with Crippen LogP contribution in [0, 0.1) is 0 Å². The van der Waals surface area contributed by atoms with Crippen LogP contribution >= 0.6 is 11.3 Å². The van der Waals surface area contributed by atoms with Crippen LogP contribution in [0.4, 0.5) is 4.39 Å². The summed E-state index contributed by atoms with van der Waals surface area (Å²) in [5.41, 5.74) is 0. The minimum atomic E-state index is -1.57. The van der Waals surface area contributed by atoms with Crippen LogP contribution in [0.3, 0.4) is 0 Å². The van der Waals surface area contributed by atoms with Crippen LogP contribution in [-0.4, -0.2) is 16.1 Å². The number of carbonyl (C=O) groups is 1. The summed E-state index contributed by atoms with van der Waals surface area (Å²) < 4.78 is 12.3. The number of rotatable bonds is 2. The van der Waals surface area contributed by atoms with Crippen molar-refractivity contribution in [3.05, 3.63) is 22.4 Å². The molecule has 0 aromatic carbocycles. The van der Waals surface area contributed by atoms with Crippen molar-refractivity contribution in [3.63, 3.8) is 0 Å². The number of nitrogens with zero attached hydrogens (tertiary/aromatic N) is 1. The van der Waals surface area contributed by atoms with Crippen molar-refractivity contribution < 1.29 is 14.3 Å². The molecule has 58 valence electrons. The van der Waals surface area contributed by atoms with Crippen LogP contribution in [0.25, 0.3) is 6.08 Å². The van der Waals surface area contributed by atoms with E-state index in [-0.39, 0.29) is 0 Å². The van der Waals surface area contributed by atoms with Crippen LogP contribution in [0.1, 0.15) is 5.01 Å². The van der Waals surface area contributed by atoms with E-state index in [1.807, 2.05) is 0 Å². The van der Waals surface area contributed by atoms with Crippen molar-refractivity contribution in [3.8, 4) is 0 Å². The lowest BCUT2D eigenvalue weighted by molar-refractivity contribution is -0.134. The molecule has 0 aliphatic carbocycles. The number of carboxylic acid groups (broad SMARTS) is 1. The van der Waals surface area contributed by atoms with E-state index in [9.17, 15) is 9.18 Å². The molecule has 0 amide bonds. The molecule has 3 nitrogen and oxygen atoms in total. The Labute approximate surface area is 65.8 Å². The topological polar surface area (TPSA) is 50.2 Å². The molecule has 1 N–H and O–H groups in total. The highest BCUT2D eigenvalue weighted by atomic mass is 32.1. The first-order chi connectivity index (χ1) is 5.20. The quantitative estimate of drug-likeness (QED) is 0.690. The van der Waals surface area contributed by atoms with Crippen molar-refractivity contribution in [1.82, 2.24) is 4.98 Å². The van der Waals surface area contributed by atoms with Crippen LogP contribution in [0.15, 0.2) is 17.4 Å². The van der Waals surface area contributed by atoms with Gasteiger partial charge in [0.2, 0.25) is 5.83 Å². The van der Waals surface area contributed by atoms with Gasteiger partial charge < -0.3 is 5.11 Å². The molecule has 0 aliphatic rings. The number of thiazole rings is 1. The lowest BCUT2D eigenvalue weighted by atomic mass is 10.5. The summed E-state index contributed by atoms with van der Waals surface area (Å²) in [6.45, 7) is 0. The minimum Gasteiger partial charge on any atom is -0.476 e. The molecule has 5 heteroatoms. The second-order valence-electron chi connectivity index (χ2n) is 1.67. The normalized spacial score (nSPS) is 11.5.